The molecule has 0 bridgehead atoms. The normalized spacial score (nSPS) is 14.3. The summed E-state index contributed by atoms with van der Waals surface area (Å²) in [4.78, 5) is 27.2. The van der Waals surface area contributed by atoms with Gasteiger partial charge in [-0.3, -0.25) is 4.79 Å². The van der Waals surface area contributed by atoms with Gasteiger partial charge in [0.15, 0.2) is 0 Å². The van der Waals surface area contributed by atoms with Gasteiger partial charge >= 0.3 is 5.97 Å². The maximum atomic E-state index is 12.9. The number of amides is 1. The van der Waals surface area contributed by atoms with Crippen LogP contribution >= 0.6 is 0 Å². The number of aromatic nitrogens is 1. The highest BCUT2D eigenvalue weighted by Crippen LogP contribution is 2.31. The van der Waals surface area contributed by atoms with E-state index in [1.165, 1.54) is 0 Å². The third kappa shape index (κ3) is 3.90. The molecule has 0 spiro atoms. The quantitative estimate of drug-likeness (QED) is 0.760. The lowest BCUT2D eigenvalue weighted by atomic mass is 10.1. The van der Waals surface area contributed by atoms with Crippen molar-refractivity contribution < 1.29 is 19.1 Å². The van der Waals surface area contributed by atoms with Crippen molar-refractivity contribution in [3.05, 3.63) is 47.2 Å². The Balaban J connectivity index is 2.03. The molecule has 1 aliphatic rings. The monoisotopic (exact) mass is 370 g/mol. The summed E-state index contributed by atoms with van der Waals surface area (Å²) in [7, 11) is 0. The Bertz CT molecular complexity index is 820. The number of rotatable bonds is 5. The largest absolute Gasteiger partial charge is 0.462 e. The lowest BCUT2D eigenvalue weighted by Crippen LogP contribution is -2.42. The van der Waals surface area contributed by atoms with Crippen LogP contribution in [0.15, 0.2) is 30.3 Å². The fourth-order valence-electron chi connectivity index (χ4n) is 3.61. The Hall–Kier alpha value is -2.60. The summed E-state index contributed by atoms with van der Waals surface area (Å²) in [6.07, 6.45) is 0. The van der Waals surface area contributed by atoms with Crippen molar-refractivity contribution in [1.82, 2.24) is 9.47 Å². The molecular weight excluding hydrogens is 344 g/mol. The maximum Gasteiger partial charge on any atom is 0.340 e. The fourth-order valence-corrected chi connectivity index (χ4v) is 3.61. The smallest absolute Gasteiger partial charge is 0.340 e. The number of carbonyl (C=O) groups is 2. The first-order valence-corrected chi connectivity index (χ1v) is 9.32. The molecule has 144 valence electrons. The van der Waals surface area contributed by atoms with Crippen molar-refractivity contribution in [3.8, 4) is 11.3 Å². The molecule has 1 saturated heterocycles. The number of carbonyl (C=O) groups excluding carboxylic acids is 2. The standard InChI is InChI=1S/C21H26N2O4/c1-4-27-21(25)19-15(2)20(17-8-6-5-7-9-17)23(16(19)3)14-18(24)22-10-12-26-13-11-22/h5-9H,4,10-14H2,1-3H3. The van der Waals surface area contributed by atoms with Crippen LogP contribution in [0, 0.1) is 13.8 Å². The van der Waals surface area contributed by atoms with Crippen LogP contribution in [0.2, 0.25) is 0 Å². The minimum atomic E-state index is -0.345. The van der Waals surface area contributed by atoms with E-state index in [1.807, 2.05) is 53.6 Å². The van der Waals surface area contributed by atoms with Gasteiger partial charge in [0.25, 0.3) is 0 Å². The van der Waals surface area contributed by atoms with Gasteiger partial charge in [0.05, 0.1) is 31.1 Å². The zero-order valence-corrected chi connectivity index (χ0v) is 16.2. The summed E-state index contributed by atoms with van der Waals surface area (Å²) < 4.78 is 12.5. The highest BCUT2D eigenvalue weighted by atomic mass is 16.5. The van der Waals surface area contributed by atoms with Gasteiger partial charge in [-0.05, 0) is 31.9 Å². The molecule has 1 fully saturated rings. The Kier molecular flexibility index (Phi) is 5.96. The van der Waals surface area contributed by atoms with E-state index in [2.05, 4.69) is 0 Å². The molecule has 0 radical (unpaired) electrons. The molecule has 6 nitrogen and oxygen atoms in total. The first kappa shape index (κ1) is 19.2. The number of ether oxygens (including phenoxy) is 2. The Labute approximate surface area is 159 Å². The van der Waals surface area contributed by atoms with Crippen LogP contribution in [0.5, 0.6) is 0 Å². The van der Waals surface area contributed by atoms with Crippen molar-refractivity contribution in [2.45, 2.75) is 27.3 Å². The van der Waals surface area contributed by atoms with Crippen molar-refractivity contribution in [2.75, 3.05) is 32.9 Å². The molecule has 0 saturated carbocycles. The number of morpholine rings is 1. The predicted molar refractivity (Wildman–Crippen MR) is 103 cm³/mol. The molecule has 3 rings (SSSR count). The van der Waals surface area contributed by atoms with E-state index >= 15 is 0 Å². The number of benzene rings is 1. The summed E-state index contributed by atoms with van der Waals surface area (Å²) >= 11 is 0. The molecule has 1 aromatic carbocycles. The van der Waals surface area contributed by atoms with Gasteiger partial charge in [0.2, 0.25) is 5.91 Å². The van der Waals surface area contributed by atoms with E-state index in [9.17, 15) is 9.59 Å². The van der Waals surface area contributed by atoms with E-state index in [-0.39, 0.29) is 18.4 Å². The van der Waals surface area contributed by atoms with Crippen molar-refractivity contribution in [2.24, 2.45) is 0 Å². The highest BCUT2D eigenvalue weighted by Gasteiger charge is 2.26. The summed E-state index contributed by atoms with van der Waals surface area (Å²) in [6, 6.07) is 9.84. The Morgan fingerprint density at radius 2 is 1.78 bits per heavy atom. The Morgan fingerprint density at radius 1 is 1.11 bits per heavy atom. The maximum absolute atomic E-state index is 12.9. The van der Waals surface area contributed by atoms with Gasteiger partial charge in [-0.1, -0.05) is 30.3 Å². The summed E-state index contributed by atoms with van der Waals surface area (Å²) in [6.45, 7) is 8.42. The molecule has 0 unspecified atom stereocenters. The number of nitrogens with zero attached hydrogens (tertiary/aromatic N) is 2. The van der Waals surface area contributed by atoms with Crippen molar-refractivity contribution in [1.29, 1.82) is 0 Å². The number of hydrogen-bond acceptors (Lipinski definition) is 4. The molecular formula is C21H26N2O4. The summed E-state index contributed by atoms with van der Waals surface area (Å²) in [5.41, 5.74) is 4.00. The van der Waals surface area contributed by atoms with Gasteiger partial charge in [0.1, 0.15) is 6.54 Å². The third-order valence-electron chi connectivity index (χ3n) is 4.95. The van der Waals surface area contributed by atoms with Crippen LogP contribution in [0.4, 0.5) is 0 Å². The van der Waals surface area contributed by atoms with Crippen molar-refractivity contribution >= 4 is 11.9 Å². The molecule has 2 aromatic rings. The van der Waals surface area contributed by atoms with Crippen LogP contribution in [0.25, 0.3) is 11.3 Å². The van der Waals surface area contributed by atoms with Crippen LogP contribution in [-0.4, -0.2) is 54.3 Å². The van der Waals surface area contributed by atoms with Crippen LogP contribution in [0.3, 0.4) is 0 Å². The van der Waals surface area contributed by atoms with Gasteiger partial charge < -0.3 is 18.9 Å². The second-order valence-corrected chi connectivity index (χ2v) is 6.60. The molecule has 0 N–H and O–H groups in total. The average Bonchev–Trinajstić information content (AvgIpc) is 2.93. The number of hydrogen-bond donors (Lipinski definition) is 0. The minimum absolute atomic E-state index is 0.0315. The topological polar surface area (TPSA) is 60.8 Å². The second-order valence-electron chi connectivity index (χ2n) is 6.60. The second kappa shape index (κ2) is 8.39. The minimum Gasteiger partial charge on any atom is -0.462 e. The molecule has 1 aliphatic heterocycles. The van der Waals surface area contributed by atoms with E-state index < -0.39 is 0 Å². The predicted octanol–water partition coefficient (Wildman–Crippen LogP) is 2.81. The lowest BCUT2D eigenvalue weighted by molar-refractivity contribution is -0.135. The number of esters is 1. The Morgan fingerprint density at radius 3 is 2.41 bits per heavy atom. The molecule has 1 amide bonds. The summed E-state index contributed by atoms with van der Waals surface area (Å²) in [5, 5.41) is 0. The van der Waals surface area contributed by atoms with E-state index in [4.69, 9.17) is 9.47 Å². The zero-order chi connectivity index (χ0) is 19.4. The van der Waals surface area contributed by atoms with Crippen LogP contribution in [0.1, 0.15) is 28.5 Å². The lowest BCUT2D eigenvalue weighted by Gasteiger charge is -2.27. The van der Waals surface area contributed by atoms with Crippen LogP contribution < -0.4 is 0 Å². The molecule has 6 heteroatoms. The SMILES string of the molecule is CCOC(=O)c1c(C)c(-c2ccccc2)n(CC(=O)N2CCOCC2)c1C. The van der Waals surface area contributed by atoms with E-state index in [1.54, 1.807) is 6.92 Å². The van der Waals surface area contributed by atoms with Gasteiger partial charge in [0, 0.05) is 18.8 Å². The first-order chi connectivity index (χ1) is 13.0. The summed E-state index contributed by atoms with van der Waals surface area (Å²) in [5.74, 6) is -0.314. The van der Waals surface area contributed by atoms with Gasteiger partial charge in [-0.25, -0.2) is 4.79 Å². The van der Waals surface area contributed by atoms with E-state index in [0.717, 1.165) is 22.5 Å². The zero-order valence-electron chi connectivity index (χ0n) is 16.2. The average molecular weight is 370 g/mol. The highest BCUT2D eigenvalue weighted by molar-refractivity contribution is 5.95. The van der Waals surface area contributed by atoms with Crippen molar-refractivity contribution in [3.63, 3.8) is 0 Å². The third-order valence-corrected chi connectivity index (χ3v) is 4.95. The molecule has 27 heavy (non-hydrogen) atoms. The van der Waals surface area contributed by atoms with Crippen LogP contribution in [-0.2, 0) is 20.8 Å². The first-order valence-electron chi connectivity index (χ1n) is 9.32. The molecule has 1 aromatic heterocycles. The van der Waals surface area contributed by atoms with Gasteiger partial charge in [-0.15, -0.1) is 0 Å². The van der Waals surface area contributed by atoms with Gasteiger partial charge in [-0.2, -0.15) is 0 Å². The van der Waals surface area contributed by atoms with E-state index in [0.29, 0.717) is 38.5 Å². The fraction of sp³-hybridized carbons (Fsp3) is 0.429. The molecule has 0 atom stereocenters. The molecule has 0 aliphatic carbocycles. The molecule has 2 heterocycles.